The van der Waals surface area contributed by atoms with E-state index in [4.69, 9.17) is 17.7 Å². The highest BCUT2D eigenvalue weighted by Crippen LogP contribution is 2.18. The van der Waals surface area contributed by atoms with Gasteiger partial charge < -0.3 is 17.7 Å². The monoisotopic (exact) mass is 488 g/mol. The van der Waals surface area contributed by atoms with Crippen molar-refractivity contribution in [2.45, 2.75) is 156 Å². The summed E-state index contributed by atoms with van der Waals surface area (Å²) in [6.07, 6.45) is 24.7. The van der Waals surface area contributed by atoms with Crippen molar-refractivity contribution in [2.24, 2.45) is 0 Å². The highest BCUT2D eigenvalue weighted by Gasteiger charge is 2.45. The van der Waals surface area contributed by atoms with E-state index in [1.165, 1.54) is 96.3 Å². The second kappa shape index (κ2) is 26.7. The first-order valence-electron chi connectivity index (χ1n) is 14.8. The molecule has 0 fully saturated rings. The average molecular weight is 489 g/mol. The molecule has 33 heavy (non-hydrogen) atoms. The van der Waals surface area contributed by atoms with Crippen LogP contribution < -0.4 is 0 Å². The Labute approximate surface area is 209 Å². The van der Waals surface area contributed by atoms with Gasteiger partial charge in [0, 0.05) is 26.4 Å². The molecule has 0 N–H and O–H groups in total. The Morgan fingerprint density at radius 3 is 0.848 bits per heavy atom. The lowest BCUT2D eigenvalue weighted by molar-refractivity contribution is -0.0373. The van der Waals surface area contributed by atoms with Crippen LogP contribution in [0.2, 0.25) is 0 Å². The molecule has 0 atom stereocenters. The van der Waals surface area contributed by atoms with Crippen LogP contribution in [-0.4, -0.2) is 35.5 Å². The van der Waals surface area contributed by atoms with Crippen LogP contribution in [-0.2, 0) is 17.7 Å². The summed E-state index contributed by atoms with van der Waals surface area (Å²) in [5.41, 5.74) is 0. The predicted molar refractivity (Wildman–Crippen MR) is 145 cm³/mol. The third-order valence-electron chi connectivity index (χ3n) is 6.11. The third-order valence-corrected chi connectivity index (χ3v) is 8.34. The van der Waals surface area contributed by atoms with Crippen molar-refractivity contribution < 1.29 is 17.7 Å². The van der Waals surface area contributed by atoms with E-state index in [9.17, 15) is 0 Å². The van der Waals surface area contributed by atoms with Crippen LogP contribution in [0.15, 0.2) is 0 Å². The summed E-state index contributed by atoms with van der Waals surface area (Å²) < 4.78 is 25.3. The van der Waals surface area contributed by atoms with Crippen LogP contribution in [0.3, 0.4) is 0 Å². The Hall–Kier alpha value is 0.0569. The number of unbranched alkanes of at least 4 members (excludes halogenated alkanes) is 16. The van der Waals surface area contributed by atoms with E-state index in [0.29, 0.717) is 26.4 Å². The van der Waals surface area contributed by atoms with Gasteiger partial charge in [-0.1, -0.05) is 130 Å². The van der Waals surface area contributed by atoms with Crippen LogP contribution in [0.4, 0.5) is 0 Å². The fraction of sp³-hybridized carbons (Fsp3) is 1.00. The van der Waals surface area contributed by atoms with Crippen molar-refractivity contribution in [1.29, 1.82) is 0 Å². The lowest BCUT2D eigenvalue weighted by Crippen LogP contribution is -2.50. The molecular formula is C28H60O4Si. The first-order chi connectivity index (χ1) is 16.2. The van der Waals surface area contributed by atoms with E-state index in [1.54, 1.807) is 0 Å². The van der Waals surface area contributed by atoms with Gasteiger partial charge in [0.1, 0.15) is 0 Å². The van der Waals surface area contributed by atoms with Crippen molar-refractivity contribution >= 4 is 9.05 Å². The van der Waals surface area contributed by atoms with Gasteiger partial charge in [0.15, 0.2) is 0 Å². The summed E-state index contributed by atoms with van der Waals surface area (Å²) in [6.45, 7) is 11.7. The highest BCUT2D eigenvalue weighted by atomic mass is 28.4. The molecule has 0 aromatic heterocycles. The molecule has 0 aromatic carbocycles. The maximum atomic E-state index is 6.35. The highest BCUT2D eigenvalue weighted by molar-refractivity contribution is 6.53. The fourth-order valence-electron chi connectivity index (χ4n) is 3.83. The maximum Gasteiger partial charge on any atom is 0.679 e. The van der Waals surface area contributed by atoms with Crippen molar-refractivity contribution in [3.05, 3.63) is 0 Å². The molecule has 0 saturated carbocycles. The largest absolute Gasteiger partial charge is 0.679 e. The standard InChI is InChI=1S/C28H60O4Si/c1-5-9-13-16-19-22-26-30-33(29-25-12-8-4,31-27-23-20-17-14-10-6-2)32-28-24-21-18-15-11-7-3/h5-28H2,1-4H3. The second-order valence-electron chi connectivity index (χ2n) is 9.55. The molecule has 0 aliphatic rings. The van der Waals surface area contributed by atoms with Gasteiger partial charge in [-0.3, -0.25) is 0 Å². The summed E-state index contributed by atoms with van der Waals surface area (Å²) >= 11 is 0. The first kappa shape index (κ1) is 33.1. The summed E-state index contributed by atoms with van der Waals surface area (Å²) in [6, 6.07) is 0. The molecule has 0 radical (unpaired) electrons. The van der Waals surface area contributed by atoms with Gasteiger partial charge in [0.25, 0.3) is 0 Å². The molecule has 0 saturated heterocycles. The summed E-state index contributed by atoms with van der Waals surface area (Å²) in [4.78, 5) is 0. The van der Waals surface area contributed by atoms with Gasteiger partial charge in [-0.25, -0.2) is 0 Å². The molecule has 200 valence electrons. The smallest absolute Gasteiger partial charge is 0.351 e. The van der Waals surface area contributed by atoms with Gasteiger partial charge >= 0.3 is 9.05 Å². The van der Waals surface area contributed by atoms with E-state index in [0.717, 1.165) is 32.1 Å². The molecular weight excluding hydrogens is 428 g/mol. The first-order valence-corrected chi connectivity index (χ1v) is 16.4. The minimum absolute atomic E-state index is 0.673. The minimum atomic E-state index is -3.06. The third kappa shape index (κ3) is 22.3. The van der Waals surface area contributed by atoms with E-state index < -0.39 is 9.05 Å². The van der Waals surface area contributed by atoms with Crippen molar-refractivity contribution in [3.63, 3.8) is 0 Å². The lowest BCUT2D eigenvalue weighted by Gasteiger charge is -2.28. The van der Waals surface area contributed by atoms with Crippen LogP contribution in [0.5, 0.6) is 0 Å². The molecule has 0 heterocycles. The molecule has 0 aliphatic carbocycles. The molecule has 0 aromatic rings. The Morgan fingerprint density at radius 1 is 0.303 bits per heavy atom. The molecule has 4 nitrogen and oxygen atoms in total. The van der Waals surface area contributed by atoms with Crippen LogP contribution in [0.1, 0.15) is 156 Å². The van der Waals surface area contributed by atoms with E-state index in [2.05, 4.69) is 27.7 Å². The number of hydrogen-bond acceptors (Lipinski definition) is 4. The molecule has 0 spiro atoms. The van der Waals surface area contributed by atoms with Gasteiger partial charge in [-0.2, -0.15) is 0 Å². The van der Waals surface area contributed by atoms with Crippen LogP contribution in [0, 0.1) is 0 Å². The van der Waals surface area contributed by atoms with Crippen molar-refractivity contribution in [3.8, 4) is 0 Å². The van der Waals surface area contributed by atoms with E-state index in [1.807, 2.05) is 0 Å². The second-order valence-corrected chi connectivity index (χ2v) is 11.7. The zero-order valence-corrected chi connectivity index (χ0v) is 24.1. The molecule has 0 rings (SSSR count). The average Bonchev–Trinajstić information content (AvgIpc) is 2.82. The number of rotatable bonds is 28. The van der Waals surface area contributed by atoms with Crippen molar-refractivity contribution in [1.82, 2.24) is 0 Å². The van der Waals surface area contributed by atoms with Gasteiger partial charge in [-0.15, -0.1) is 0 Å². The predicted octanol–water partition coefficient (Wildman–Crippen LogP) is 9.37. The Kier molecular flexibility index (Phi) is 26.7. The Morgan fingerprint density at radius 2 is 0.545 bits per heavy atom. The van der Waals surface area contributed by atoms with E-state index in [-0.39, 0.29) is 0 Å². The van der Waals surface area contributed by atoms with Gasteiger partial charge in [-0.05, 0) is 25.7 Å². The molecule has 0 unspecified atom stereocenters. The zero-order chi connectivity index (χ0) is 24.3. The van der Waals surface area contributed by atoms with E-state index >= 15 is 0 Å². The fourth-order valence-corrected chi connectivity index (χ4v) is 5.91. The maximum absolute atomic E-state index is 6.35. The van der Waals surface area contributed by atoms with Crippen molar-refractivity contribution in [2.75, 3.05) is 26.4 Å². The summed E-state index contributed by atoms with van der Waals surface area (Å²) in [5.74, 6) is 0. The summed E-state index contributed by atoms with van der Waals surface area (Å²) in [5, 5.41) is 0. The SMILES string of the molecule is CCCCCCCCO[Si](OCCCC)(OCCCCCCCC)OCCCCCCCC. The van der Waals surface area contributed by atoms with Crippen LogP contribution in [0.25, 0.3) is 0 Å². The zero-order valence-electron chi connectivity index (χ0n) is 23.1. The molecule has 0 bridgehead atoms. The molecule has 5 heteroatoms. The quantitative estimate of drug-likeness (QED) is 0.0811. The van der Waals surface area contributed by atoms with Gasteiger partial charge in [0.05, 0.1) is 0 Å². The Balaban J connectivity index is 4.61. The minimum Gasteiger partial charge on any atom is -0.351 e. The lowest BCUT2D eigenvalue weighted by atomic mass is 10.1. The summed E-state index contributed by atoms with van der Waals surface area (Å²) in [7, 11) is -3.06. The Bertz CT molecular complexity index is 322. The molecule has 0 amide bonds. The molecule has 0 aliphatic heterocycles. The normalized spacial score (nSPS) is 12.0. The van der Waals surface area contributed by atoms with Gasteiger partial charge in [0.2, 0.25) is 0 Å². The topological polar surface area (TPSA) is 36.9 Å². The van der Waals surface area contributed by atoms with Crippen LogP contribution >= 0.6 is 0 Å². The number of hydrogen-bond donors (Lipinski definition) is 0.